The van der Waals surface area contributed by atoms with Gasteiger partial charge in [0.15, 0.2) is 0 Å². The normalized spacial score (nSPS) is 42.9. The molecule has 0 amide bonds. The second-order valence-corrected chi connectivity index (χ2v) is 13.4. The first-order valence-corrected chi connectivity index (χ1v) is 14.3. The van der Waals surface area contributed by atoms with E-state index in [-0.39, 0.29) is 48.0 Å². The van der Waals surface area contributed by atoms with Crippen LogP contribution in [0.3, 0.4) is 0 Å². The van der Waals surface area contributed by atoms with Gasteiger partial charge in [0.05, 0.1) is 52.4 Å². The summed E-state index contributed by atoms with van der Waals surface area (Å²) < 4.78 is 2.63. The second-order valence-electron chi connectivity index (χ2n) is 13.4. The third-order valence-electron chi connectivity index (χ3n) is 13.1. The van der Waals surface area contributed by atoms with Crippen LogP contribution in [0.1, 0.15) is 99.3 Å². The van der Waals surface area contributed by atoms with Crippen LogP contribution in [0.25, 0.3) is 0 Å². The predicted molar refractivity (Wildman–Crippen MR) is 134 cm³/mol. The number of hydrogen-bond donors (Lipinski definition) is 0. The summed E-state index contributed by atoms with van der Waals surface area (Å²) in [5, 5.41) is 0. The zero-order valence-electron chi connectivity index (χ0n) is 23.3. The summed E-state index contributed by atoms with van der Waals surface area (Å²) >= 11 is 0. The highest BCUT2D eigenvalue weighted by Crippen LogP contribution is 2.67. The molecule has 0 heterocycles. The van der Waals surface area contributed by atoms with Gasteiger partial charge in [-0.25, -0.2) is 0 Å². The molecule has 8 unspecified atom stereocenters. The van der Waals surface area contributed by atoms with Gasteiger partial charge in [0.25, 0.3) is 0 Å². The van der Waals surface area contributed by atoms with Crippen molar-refractivity contribution < 1.29 is 56.9 Å². The van der Waals surface area contributed by atoms with Gasteiger partial charge in [0.1, 0.15) is 0 Å². The summed E-state index contributed by atoms with van der Waals surface area (Å²) in [5.74, 6) is 4.06. The van der Waals surface area contributed by atoms with E-state index < -0.39 is 0 Å². The molecule has 8 atom stereocenters. The molecule has 33 heavy (non-hydrogen) atoms. The SMILES string of the molecule is CC[N+](C)(CC)C1CCC2(C)C(CCC3C2CCC2(C)C3CCC2[N+](C)(CC)CC)C1.[I-].[I-]. The van der Waals surface area contributed by atoms with Crippen molar-refractivity contribution >= 4 is 0 Å². The molecule has 4 rings (SSSR count). The fourth-order valence-corrected chi connectivity index (χ4v) is 10.2. The Bertz CT molecular complexity index is 646. The molecular weight excluding hydrogens is 630 g/mol. The first-order chi connectivity index (χ1) is 14.6. The summed E-state index contributed by atoms with van der Waals surface area (Å²) in [6.07, 6.45) is 13.7. The molecule has 0 aromatic heterocycles. The molecule has 0 spiro atoms. The number of fused-ring (bicyclic) bond motifs is 5. The molecule has 4 heteroatoms. The van der Waals surface area contributed by atoms with Crippen molar-refractivity contribution in [3.8, 4) is 0 Å². The third kappa shape index (κ3) is 4.73. The first-order valence-electron chi connectivity index (χ1n) is 14.3. The molecular formula is C29H56I2N2. The average molecular weight is 687 g/mol. The summed E-state index contributed by atoms with van der Waals surface area (Å²) in [6.45, 7) is 20.5. The fourth-order valence-electron chi connectivity index (χ4n) is 10.2. The topological polar surface area (TPSA) is 0 Å². The van der Waals surface area contributed by atoms with Crippen LogP contribution < -0.4 is 48.0 Å². The lowest BCUT2D eigenvalue weighted by atomic mass is 9.44. The van der Waals surface area contributed by atoms with Crippen molar-refractivity contribution in [1.29, 1.82) is 0 Å². The highest BCUT2D eigenvalue weighted by molar-refractivity contribution is 5.10. The molecule has 4 aliphatic rings. The lowest BCUT2D eigenvalue weighted by Gasteiger charge is -2.62. The Morgan fingerprint density at radius 3 is 1.76 bits per heavy atom. The van der Waals surface area contributed by atoms with Crippen LogP contribution in [0.2, 0.25) is 0 Å². The van der Waals surface area contributed by atoms with Crippen molar-refractivity contribution in [3.63, 3.8) is 0 Å². The number of nitrogens with zero attached hydrogens (tertiary/aromatic N) is 2. The molecule has 0 bridgehead atoms. The number of hydrogen-bond acceptors (Lipinski definition) is 0. The molecule has 196 valence electrons. The standard InChI is InChI=1S/C29H56N2.2HI/c1-9-30(7,10-2)23-17-19-28(5)22(21-23)13-14-24-25-15-16-27(31(8,11-3)12-4)29(25,6)20-18-26(24)28;;/h22-27H,9-21H2,1-8H3;2*1H/q+2;;/p-2. The minimum Gasteiger partial charge on any atom is -1.00 e. The van der Waals surface area contributed by atoms with Gasteiger partial charge in [-0.3, -0.25) is 0 Å². The number of rotatable bonds is 6. The van der Waals surface area contributed by atoms with Crippen molar-refractivity contribution in [2.45, 2.75) is 111 Å². The monoisotopic (exact) mass is 686 g/mol. The van der Waals surface area contributed by atoms with Crippen LogP contribution in [0.4, 0.5) is 0 Å². The lowest BCUT2D eigenvalue weighted by Crippen LogP contribution is -3.00. The maximum absolute atomic E-state index is 2.76. The highest BCUT2D eigenvalue weighted by atomic mass is 127. The van der Waals surface area contributed by atoms with Crippen LogP contribution in [-0.2, 0) is 0 Å². The molecule has 4 fully saturated rings. The Labute approximate surface area is 241 Å². The van der Waals surface area contributed by atoms with E-state index in [0.29, 0.717) is 10.8 Å². The van der Waals surface area contributed by atoms with Crippen molar-refractivity contribution in [3.05, 3.63) is 0 Å². The molecule has 0 aromatic carbocycles. The zero-order valence-corrected chi connectivity index (χ0v) is 27.6. The van der Waals surface area contributed by atoms with Gasteiger partial charge < -0.3 is 56.9 Å². The maximum atomic E-state index is 2.76. The predicted octanol–water partition coefficient (Wildman–Crippen LogP) is 0.747. The van der Waals surface area contributed by atoms with Gasteiger partial charge in [-0.2, -0.15) is 0 Å². The largest absolute Gasteiger partial charge is 1.00 e. The Hall–Kier alpha value is 1.38. The van der Waals surface area contributed by atoms with E-state index in [1.54, 1.807) is 6.42 Å². The van der Waals surface area contributed by atoms with Crippen LogP contribution in [-0.4, -0.2) is 61.3 Å². The minimum atomic E-state index is 0. The molecule has 2 nitrogen and oxygen atoms in total. The van der Waals surface area contributed by atoms with Gasteiger partial charge in [-0.05, 0) is 102 Å². The van der Waals surface area contributed by atoms with Gasteiger partial charge in [-0.1, -0.05) is 13.8 Å². The maximum Gasteiger partial charge on any atom is 0.0945 e. The molecule has 0 saturated heterocycles. The van der Waals surface area contributed by atoms with Crippen LogP contribution in [0.15, 0.2) is 0 Å². The third-order valence-corrected chi connectivity index (χ3v) is 13.1. The van der Waals surface area contributed by atoms with Crippen LogP contribution >= 0.6 is 0 Å². The van der Waals surface area contributed by atoms with Gasteiger partial charge in [0.2, 0.25) is 0 Å². The van der Waals surface area contributed by atoms with Crippen molar-refractivity contribution in [2.24, 2.45) is 34.5 Å². The number of quaternary nitrogens is 2. The van der Waals surface area contributed by atoms with E-state index in [9.17, 15) is 0 Å². The van der Waals surface area contributed by atoms with Crippen LogP contribution in [0.5, 0.6) is 0 Å². The van der Waals surface area contributed by atoms with Gasteiger partial charge >= 0.3 is 0 Å². The van der Waals surface area contributed by atoms with Crippen molar-refractivity contribution in [2.75, 3.05) is 40.3 Å². The zero-order chi connectivity index (χ0) is 22.7. The minimum absolute atomic E-state index is 0. The molecule has 4 saturated carbocycles. The Balaban J connectivity index is 0.00000193. The summed E-state index contributed by atoms with van der Waals surface area (Å²) in [5.41, 5.74) is 1.24. The van der Waals surface area contributed by atoms with Crippen molar-refractivity contribution in [1.82, 2.24) is 0 Å². The Morgan fingerprint density at radius 2 is 1.18 bits per heavy atom. The summed E-state index contributed by atoms with van der Waals surface area (Å²) in [6, 6.07) is 1.82. The quantitative estimate of drug-likeness (QED) is 0.286. The van der Waals surface area contributed by atoms with E-state index in [0.717, 1.165) is 35.8 Å². The molecule has 0 radical (unpaired) electrons. The second kappa shape index (κ2) is 11.0. The molecule has 0 aromatic rings. The van der Waals surface area contributed by atoms with E-state index in [2.05, 4.69) is 55.6 Å². The molecule has 4 aliphatic carbocycles. The van der Waals surface area contributed by atoms with Gasteiger partial charge in [0, 0.05) is 18.3 Å². The first kappa shape index (κ1) is 30.6. The van der Waals surface area contributed by atoms with E-state index in [1.807, 2.05) is 0 Å². The highest BCUT2D eigenvalue weighted by Gasteiger charge is 2.63. The summed E-state index contributed by atoms with van der Waals surface area (Å²) in [7, 11) is 5.11. The average Bonchev–Trinajstić information content (AvgIpc) is 3.15. The Kier molecular flexibility index (Phi) is 10.2. The van der Waals surface area contributed by atoms with E-state index in [1.165, 1.54) is 86.5 Å². The lowest BCUT2D eigenvalue weighted by molar-refractivity contribution is -0.936. The smallest absolute Gasteiger partial charge is 0.0945 e. The molecule has 0 aliphatic heterocycles. The molecule has 0 N–H and O–H groups in total. The fraction of sp³-hybridized carbons (Fsp3) is 1.00. The Morgan fingerprint density at radius 1 is 0.636 bits per heavy atom. The number of halogens is 2. The van der Waals surface area contributed by atoms with E-state index >= 15 is 0 Å². The van der Waals surface area contributed by atoms with E-state index in [4.69, 9.17) is 0 Å². The summed E-state index contributed by atoms with van der Waals surface area (Å²) in [4.78, 5) is 0. The van der Waals surface area contributed by atoms with Gasteiger partial charge in [-0.15, -0.1) is 0 Å². The van der Waals surface area contributed by atoms with Crippen LogP contribution in [0, 0.1) is 34.5 Å².